The number of amides is 1. The maximum absolute atomic E-state index is 11.5. The summed E-state index contributed by atoms with van der Waals surface area (Å²) < 4.78 is 4.96. The first kappa shape index (κ1) is 16.4. The van der Waals surface area contributed by atoms with Crippen LogP contribution in [0, 0.1) is 0 Å². The van der Waals surface area contributed by atoms with Crippen LogP contribution in [0.15, 0.2) is 0 Å². The molecule has 2 aliphatic heterocycles. The molecule has 1 unspecified atom stereocenters. The molecule has 19 heavy (non-hydrogen) atoms. The number of carboxylic acids is 1. The minimum absolute atomic E-state index is 0. The molecule has 0 radical (unpaired) electrons. The maximum Gasteiger partial charge on any atom is 1.00 e. The number of carbonyl (C=O) groups excluding carboxylic acids is 1. The fourth-order valence-electron chi connectivity index (χ4n) is 2.70. The molecule has 0 aliphatic carbocycles. The van der Waals surface area contributed by atoms with Crippen molar-refractivity contribution in [1.82, 2.24) is 9.80 Å². The van der Waals surface area contributed by atoms with Crippen molar-refractivity contribution in [2.45, 2.75) is 38.3 Å². The van der Waals surface area contributed by atoms with Gasteiger partial charge in [0.25, 0.3) is 0 Å². The number of piperidine rings is 1. The van der Waals surface area contributed by atoms with E-state index >= 15 is 0 Å². The van der Waals surface area contributed by atoms with Crippen LogP contribution >= 0.6 is 0 Å². The molecule has 0 aromatic carbocycles. The molecule has 1 amide bonds. The van der Waals surface area contributed by atoms with Gasteiger partial charge >= 0.3 is 30.9 Å². The number of carbonyl (C=O) groups is 2. The Morgan fingerprint density at radius 1 is 1.26 bits per heavy atom. The normalized spacial score (nSPS) is 24.3. The van der Waals surface area contributed by atoms with Crippen LogP contribution in [0.3, 0.4) is 0 Å². The Kier molecular flexibility index (Phi) is 6.18. The molecule has 6 nitrogen and oxygen atoms in total. The molecule has 0 aromatic heterocycles. The van der Waals surface area contributed by atoms with Gasteiger partial charge in [-0.15, -0.1) is 0 Å². The third kappa shape index (κ3) is 3.65. The molecule has 7 heteroatoms. The second-order valence-corrected chi connectivity index (χ2v) is 4.80. The maximum atomic E-state index is 11.5. The van der Waals surface area contributed by atoms with E-state index in [2.05, 4.69) is 0 Å². The van der Waals surface area contributed by atoms with Crippen LogP contribution in [0.4, 0.5) is 4.79 Å². The molecule has 0 saturated carbocycles. The van der Waals surface area contributed by atoms with E-state index < -0.39 is 5.97 Å². The summed E-state index contributed by atoms with van der Waals surface area (Å²) in [6.45, 7) is 4.37. The summed E-state index contributed by atoms with van der Waals surface area (Å²) in [7, 11) is 0. The summed E-state index contributed by atoms with van der Waals surface area (Å²) in [4.78, 5) is 26.2. The number of hydrogen-bond donors (Lipinski definition) is 1. The molecule has 0 aromatic rings. The van der Waals surface area contributed by atoms with Crippen LogP contribution in [0.2, 0.25) is 0 Å². The standard InChI is InChI=1S/C12H20N2O4.Li.H/c1-2-18-12(17)13-6-3-9(4-7-13)14-8-5-10(14)11(15)16;;/h9-10H,2-8H2,1H3,(H,15,16);;/q;+1;-1. The molecule has 0 spiro atoms. The van der Waals surface area contributed by atoms with Crippen molar-refractivity contribution in [2.75, 3.05) is 26.2 Å². The van der Waals surface area contributed by atoms with E-state index in [1.165, 1.54) is 0 Å². The van der Waals surface area contributed by atoms with E-state index in [-0.39, 0.29) is 32.4 Å². The molecule has 2 saturated heterocycles. The zero-order valence-electron chi connectivity index (χ0n) is 12.7. The number of rotatable bonds is 3. The monoisotopic (exact) mass is 264 g/mol. The molecular formula is C12H21LiN2O4. The molecule has 2 heterocycles. The number of aliphatic carboxylic acids is 1. The van der Waals surface area contributed by atoms with Gasteiger partial charge < -0.3 is 16.2 Å². The van der Waals surface area contributed by atoms with Gasteiger partial charge in [0.2, 0.25) is 0 Å². The Labute approximate surface area is 126 Å². The summed E-state index contributed by atoms with van der Waals surface area (Å²) in [6, 6.07) is -0.0188. The fourth-order valence-corrected chi connectivity index (χ4v) is 2.70. The zero-order valence-corrected chi connectivity index (χ0v) is 11.7. The molecule has 1 atom stereocenters. The van der Waals surface area contributed by atoms with Crippen molar-refractivity contribution in [3.8, 4) is 0 Å². The third-order valence-corrected chi connectivity index (χ3v) is 3.81. The van der Waals surface area contributed by atoms with E-state index in [1.807, 2.05) is 4.90 Å². The van der Waals surface area contributed by atoms with Crippen LogP contribution in [-0.2, 0) is 9.53 Å². The summed E-state index contributed by atoms with van der Waals surface area (Å²) in [5.41, 5.74) is 0. The SMILES string of the molecule is CCOC(=O)N1CCC(N2CCC2C(=O)O)CC1.[H-].[Li+]. The fraction of sp³-hybridized carbons (Fsp3) is 0.833. The zero-order chi connectivity index (χ0) is 13.1. The van der Waals surface area contributed by atoms with Crippen molar-refractivity contribution < 1.29 is 39.7 Å². The van der Waals surface area contributed by atoms with Crippen LogP contribution in [0.5, 0.6) is 0 Å². The van der Waals surface area contributed by atoms with Gasteiger partial charge in [0.1, 0.15) is 6.04 Å². The van der Waals surface area contributed by atoms with Crippen LogP contribution in [-0.4, -0.2) is 65.3 Å². The van der Waals surface area contributed by atoms with Crippen molar-refractivity contribution in [2.24, 2.45) is 0 Å². The minimum Gasteiger partial charge on any atom is -1.00 e. The largest absolute Gasteiger partial charge is 1.00 e. The number of hydrogen-bond acceptors (Lipinski definition) is 4. The third-order valence-electron chi connectivity index (χ3n) is 3.81. The predicted octanol–water partition coefficient (Wildman–Crippen LogP) is -2.12. The van der Waals surface area contributed by atoms with E-state index in [9.17, 15) is 9.59 Å². The number of likely N-dealkylation sites (tertiary alicyclic amines) is 2. The van der Waals surface area contributed by atoms with Gasteiger partial charge in [0.15, 0.2) is 0 Å². The van der Waals surface area contributed by atoms with Gasteiger partial charge in [-0.2, -0.15) is 0 Å². The first-order valence-electron chi connectivity index (χ1n) is 6.53. The summed E-state index contributed by atoms with van der Waals surface area (Å²) in [6.07, 6.45) is 2.16. The second-order valence-electron chi connectivity index (χ2n) is 4.80. The molecule has 0 bridgehead atoms. The molecular weight excluding hydrogens is 243 g/mol. The molecule has 2 fully saturated rings. The van der Waals surface area contributed by atoms with Gasteiger partial charge in [-0.1, -0.05) is 0 Å². The van der Waals surface area contributed by atoms with Crippen molar-refractivity contribution in [3.63, 3.8) is 0 Å². The van der Waals surface area contributed by atoms with Crippen LogP contribution in [0.1, 0.15) is 27.6 Å². The molecule has 1 N–H and O–H groups in total. The van der Waals surface area contributed by atoms with Gasteiger partial charge in [0.05, 0.1) is 6.61 Å². The second kappa shape index (κ2) is 7.18. The van der Waals surface area contributed by atoms with Gasteiger partial charge in [-0.05, 0) is 26.2 Å². The average molecular weight is 264 g/mol. The van der Waals surface area contributed by atoms with Gasteiger partial charge in [-0.3, -0.25) is 9.69 Å². The Balaban J connectivity index is 0.00000180. The summed E-state index contributed by atoms with van der Waals surface area (Å²) >= 11 is 0. The topological polar surface area (TPSA) is 70.1 Å². The molecule has 104 valence electrons. The first-order chi connectivity index (χ1) is 8.63. The molecule has 2 rings (SSSR count). The Morgan fingerprint density at radius 3 is 2.32 bits per heavy atom. The minimum atomic E-state index is -0.728. The van der Waals surface area contributed by atoms with Gasteiger partial charge in [0, 0.05) is 25.7 Å². The van der Waals surface area contributed by atoms with Crippen LogP contribution in [0.25, 0.3) is 0 Å². The Bertz CT molecular complexity index is 337. The van der Waals surface area contributed by atoms with Crippen molar-refractivity contribution in [3.05, 3.63) is 0 Å². The summed E-state index contributed by atoms with van der Waals surface area (Å²) in [5, 5.41) is 9.02. The number of carboxylic acid groups (broad SMARTS) is 1. The average Bonchev–Trinajstić information content (AvgIpc) is 2.28. The smallest absolute Gasteiger partial charge is 1.00 e. The van der Waals surface area contributed by atoms with Crippen LogP contribution < -0.4 is 18.9 Å². The van der Waals surface area contributed by atoms with E-state index in [0.717, 1.165) is 25.8 Å². The van der Waals surface area contributed by atoms with E-state index in [0.29, 0.717) is 25.7 Å². The number of ether oxygens (including phenoxy) is 1. The predicted molar refractivity (Wildman–Crippen MR) is 65.5 cm³/mol. The molecule has 2 aliphatic rings. The quantitative estimate of drug-likeness (QED) is 0.590. The summed E-state index contributed by atoms with van der Waals surface area (Å²) in [5.74, 6) is -0.728. The van der Waals surface area contributed by atoms with Crippen molar-refractivity contribution in [1.29, 1.82) is 0 Å². The van der Waals surface area contributed by atoms with Crippen molar-refractivity contribution >= 4 is 12.1 Å². The van der Waals surface area contributed by atoms with E-state index in [4.69, 9.17) is 9.84 Å². The first-order valence-corrected chi connectivity index (χ1v) is 6.53. The number of nitrogens with zero attached hydrogens (tertiary/aromatic N) is 2. The van der Waals surface area contributed by atoms with Gasteiger partial charge in [-0.25, -0.2) is 4.79 Å². The Morgan fingerprint density at radius 2 is 1.89 bits per heavy atom. The van der Waals surface area contributed by atoms with E-state index in [1.54, 1.807) is 11.8 Å². The Hall–Kier alpha value is -0.703.